The van der Waals surface area contributed by atoms with E-state index in [1.165, 1.54) is 24.3 Å². The van der Waals surface area contributed by atoms with Gasteiger partial charge >= 0.3 is 6.36 Å². The topological polar surface area (TPSA) is 64.6 Å². The van der Waals surface area contributed by atoms with Crippen LogP contribution in [0.5, 0.6) is 5.75 Å². The average Bonchev–Trinajstić information content (AvgIpc) is 3.02. The van der Waals surface area contributed by atoms with Gasteiger partial charge < -0.3 is 9.47 Å². The van der Waals surface area contributed by atoms with Crippen molar-refractivity contribution >= 4 is 29.0 Å². The molecule has 2 amide bonds. The number of halogens is 3. The predicted octanol–water partition coefficient (Wildman–Crippen LogP) is 6.43. The molecule has 1 N–H and O–H groups in total. The fraction of sp³-hybridized carbons (Fsp3) is 0.360. The van der Waals surface area contributed by atoms with Crippen LogP contribution in [0, 0.1) is 6.92 Å². The van der Waals surface area contributed by atoms with Gasteiger partial charge in [-0.2, -0.15) is 0 Å². The Balaban J connectivity index is 1.91. The quantitative estimate of drug-likeness (QED) is 0.502. The Morgan fingerprint density at radius 3 is 2.38 bits per heavy atom. The number of rotatable bonds is 3. The smallest absolute Gasteiger partial charge is 0.405 e. The summed E-state index contributed by atoms with van der Waals surface area (Å²) >= 11 is 0.742. The summed E-state index contributed by atoms with van der Waals surface area (Å²) in [5.74, 6) is -0.887. The zero-order valence-corrected chi connectivity index (χ0v) is 20.2. The Morgan fingerprint density at radius 2 is 1.76 bits per heavy atom. The van der Waals surface area contributed by atoms with Crippen molar-refractivity contribution in [3.8, 4) is 16.9 Å². The molecule has 0 unspecified atom stereocenters. The highest BCUT2D eigenvalue weighted by atomic mass is 32.2. The van der Waals surface area contributed by atoms with Crippen molar-refractivity contribution in [1.29, 1.82) is 0 Å². The first-order valence-electron chi connectivity index (χ1n) is 10.6. The van der Waals surface area contributed by atoms with Crippen molar-refractivity contribution in [2.24, 2.45) is 0 Å². The number of amides is 2. The van der Waals surface area contributed by atoms with E-state index >= 15 is 0 Å². The van der Waals surface area contributed by atoms with Crippen molar-refractivity contribution in [2.45, 2.75) is 52.0 Å². The Labute approximate surface area is 199 Å². The highest BCUT2D eigenvalue weighted by molar-refractivity contribution is 8.18. The van der Waals surface area contributed by atoms with E-state index in [2.05, 4.69) is 10.1 Å². The van der Waals surface area contributed by atoms with E-state index in [0.717, 1.165) is 28.5 Å². The molecule has 0 radical (unpaired) electrons. The van der Waals surface area contributed by atoms with Crippen LogP contribution in [0.4, 0.5) is 18.0 Å². The number of ether oxygens (including phenoxy) is 2. The van der Waals surface area contributed by atoms with Gasteiger partial charge in [0.1, 0.15) is 5.75 Å². The second-order valence-electron chi connectivity index (χ2n) is 9.55. The molecule has 9 heteroatoms. The molecule has 2 aliphatic rings. The van der Waals surface area contributed by atoms with Gasteiger partial charge in [0.2, 0.25) is 0 Å². The van der Waals surface area contributed by atoms with Gasteiger partial charge in [-0.3, -0.25) is 14.9 Å². The van der Waals surface area contributed by atoms with Crippen molar-refractivity contribution in [1.82, 2.24) is 5.32 Å². The van der Waals surface area contributed by atoms with Crippen molar-refractivity contribution in [3.63, 3.8) is 0 Å². The number of fused-ring (bicyclic) bond motifs is 1. The molecule has 0 aliphatic carbocycles. The van der Waals surface area contributed by atoms with Crippen LogP contribution in [0.25, 0.3) is 17.2 Å². The summed E-state index contributed by atoms with van der Waals surface area (Å²) in [6.07, 6.45) is -3.40. The Morgan fingerprint density at radius 1 is 1.06 bits per heavy atom. The molecule has 0 aromatic heterocycles. The molecule has 0 atom stereocenters. The standard InChI is InChI=1S/C25H24F3NO4S/c1-13-8-18-17(23(2,3)12-32-24(18,4)5)11-15(13)16-9-14(6-7-19(16)33-25(26,27)28)10-20-21(30)29-22(31)34-20/h6-11H,12H2,1-5H3,(H,29,30,31)/b20-10-. The summed E-state index contributed by atoms with van der Waals surface area (Å²) in [6, 6.07) is 8.05. The molecule has 2 aromatic rings. The number of aryl methyl sites for hydroxylation is 1. The van der Waals surface area contributed by atoms with E-state index in [9.17, 15) is 22.8 Å². The lowest BCUT2D eigenvalue weighted by Crippen LogP contribution is -2.40. The van der Waals surface area contributed by atoms with E-state index in [1.54, 1.807) is 0 Å². The zero-order valence-electron chi connectivity index (χ0n) is 19.3. The first-order valence-corrected chi connectivity index (χ1v) is 11.4. The highest BCUT2D eigenvalue weighted by Gasteiger charge is 2.39. The summed E-state index contributed by atoms with van der Waals surface area (Å²) in [5.41, 5.74) is 3.14. The van der Waals surface area contributed by atoms with Crippen molar-refractivity contribution in [3.05, 3.63) is 57.5 Å². The molecule has 0 bridgehead atoms. The molecule has 2 heterocycles. The summed E-state index contributed by atoms with van der Waals surface area (Å²) in [7, 11) is 0. The molecule has 1 fully saturated rings. The minimum atomic E-state index is -4.88. The first kappa shape index (κ1) is 24.3. The zero-order chi connectivity index (χ0) is 25.1. The van der Waals surface area contributed by atoms with E-state index < -0.39 is 23.1 Å². The van der Waals surface area contributed by atoms with Gasteiger partial charge in [-0.1, -0.05) is 26.0 Å². The summed E-state index contributed by atoms with van der Waals surface area (Å²) in [4.78, 5) is 23.6. The summed E-state index contributed by atoms with van der Waals surface area (Å²) in [6.45, 7) is 10.3. The highest BCUT2D eigenvalue weighted by Crippen LogP contribution is 2.45. The van der Waals surface area contributed by atoms with Crippen LogP contribution < -0.4 is 10.1 Å². The number of hydrogen-bond donors (Lipinski definition) is 1. The number of nitrogens with one attached hydrogen (secondary N) is 1. The molecule has 2 aliphatic heterocycles. The molecule has 1 saturated heterocycles. The van der Waals surface area contributed by atoms with Crippen LogP contribution >= 0.6 is 11.8 Å². The van der Waals surface area contributed by atoms with Gasteiger partial charge in [-0.25, -0.2) is 0 Å². The van der Waals surface area contributed by atoms with Crippen molar-refractivity contribution in [2.75, 3.05) is 6.61 Å². The monoisotopic (exact) mass is 491 g/mol. The normalized spacial score (nSPS) is 20.3. The van der Waals surface area contributed by atoms with Crippen LogP contribution in [-0.2, 0) is 20.5 Å². The van der Waals surface area contributed by atoms with Gasteiger partial charge in [0.05, 0.1) is 17.1 Å². The SMILES string of the molecule is Cc1cc2c(cc1-c1cc(/C=C3\SC(=O)NC3=O)ccc1OC(F)(F)F)C(C)(C)COC2(C)C. The molecule has 180 valence electrons. The molecular formula is C25H24F3NO4S. The fourth-order valence-electron chi connectivity index (χ4n) is 4.21. The van der Waals surface area contributed by atoms with Crippen LogP contribution in [0.15, 0.2) is 35.2 Å². The third-order valence-corrected chi connectivity index (χ3v) is 6.81. The lowest BCUT2D eigenvalue weighted by atomic mass is 9.73. The minimum Gasteiger partial charge on any atom is -0.405 e. The third-order valence-electron chi connectivity index (χ3n) is 6.00. The first-order chi connectivity index (χ1) is 15.7. The van der Waals surface area contributed by atoms with Gasteiger partial charge in [0.25, 0.3) is 11.1 Å². The minimum absolute atomic E-state index is 0.169. The van der Waals surface area contributed by atoms with Crippen LogP contribution in [0.3, 0.4) is 0 Å². The molecule has 5 nitrogen and oxygen atoms in total. The Kier molecular flexibility index (Phi) is 5.85. The number of imide groups is 1. The molecule has 34 heavy (non-hydrogen) atoms. The van der Waals surface area contributed by atoms with Crippen LogP contribution in [0.2, 0.25) is 0 Å². The number of carbonyl (C=O) groups is 2. The third kappa shape index (κ3) is 4.72. The molecule has 4 rings (SSSR count). The van der Waals surface area contributed by atoms with Gasteiger partial charge in [-0.15, -0.1) is 13.2 Å². The van der Waals surface area contributed by atoms with Crippen LogP contribution in [0.1, 0.15) is 49.9 Å². The molecule has 0 saturated carbocycles. The molecule has 0 spiro atoms. The number of benzene rings is 2. The fourth-order valence-corrected chi connectivity index (χ4v) is 4.89. The van der Waals surface area contributed by atoms with Gasteiger partial charge in [0.15, 0.2) is 0 Å². The molecule has 2 aromatic carbocycles. The second kappa shape index (κ2) is 8.16. The lowest BCUT2D eigenvalue weighted by Gasteiger charge is -2.42. The lowest BCUT2D eigenvalue weighted by molar-refractivity contribution is -0.274. The van der Waals surface area contributed by atoms with E-state index in [0.29, 0.717) is 17.7 Å². The maximum atomic E-state index is 13.2. The number of thioether (sulfide) groups is 1. The van der Waals surface area contributed by atoms with E-state index in [4.69, 9.17) is 4.74 Å². The van der Waals surface area contributed by atoms with Crippen LogP contribution in [-0.4, -0.2) is 24.1 Å². The summed E-state index contributed by atoms with van der Waals surface area (Å²) < 4.78 is 50.1. The molecular weight excluding hydrogens is 467 g/mol. The maximum absolute atomic E-state index is 13.2. The Bertz CT molecular complexity index is 1230. The maximum Gasteiger partial charge on any atom is 0.573 e. The predicted molar refractivity (Wildman–Crippen MR) is 124 cm³/mol. The Hall–Kier alpha value is -2.78. The average molecular weight is 492 g/mol. The number of alkyl halides is 3. The number of carbonyl (C=O) groups excluding carboxylic acids is 2. The number of hydrogen-bond acceptors (Lipinski definition) is 5. The van der Waals surface area contributed by atoms with E-state index in [-0.39, 0.29) is 21.6 Å². The van der Waals surface area contributed by atoms with Gasteiger partial charge in [-0.05, 0) is 84.6 Å². The summed E-state index contributed by atoms with van der Waals surface area (Å²) in [5, 5.41) is 1.67. The van der Waals surface area contributed by atoms with Crippen molar-refractivity contribution < 1.29 is 32.2 Å². The second-order valence-corrected chi connectivity index (χ2v) is 10.6. The van der Waals surface area contributed by atoms with Gasteiger partial charge in [0, 0.05) is 11.0 Å². The van der Waals surface area contributed by atoms with E-state index in [1.807, 2.05) is 46.8 Å². The largest absolute Gasteiger partial charge is 0.573 e.